The number of carbonyl (C=O) groups excluding carboxylic acids is 2. The molecule has 0 bridgehead atoms. The molecule has 0 saturated carbocycles. The average molecular weight is 323 g/mol. The topological polar surface area (TPSA) is 61.4 Å². The van der Waals surface area contributed by atoms with Gasteiger partial charge in [0.25, 0.3) is 0 Å². The Balaban J connectivity index is 1.71. The van der Waals surface area contributed by atoms with Gasteiger partial charge in [-0.2, -0.15) is 0 Å². The SMILES string of the molecule is CC(=O)c1cccc(NC(=O)CN2CCCNc3ccccc32)c1. The van der Waals surface area contributed by atoms with E-state index in [-0.39, 0.29) is 18.2 Å². The first-order chi connectivity index (χ1) is 11.6. The molecular weight excluding hydrogens is 302 g/mol. The molecule has 2 aromatic carbocycles. The fourth-order valence-corrected chi connectivity index (χ4v) is 2.87. The van der Waals surface area contributed by atoms with E-state index in [1.54, 1.807) is 24.3 Å². The lowest BCUT2D eigenvalue weighted by atomic mass is 10.1. The number of Topliss-reactive ketones (excluding diaryl/α,β-unsaturated/α-hetero) is 1. The van der Waals surface area contributed by atoms with Gasteiger partial charge in [0.05, 0.1) is 17.9 Å². The van der Waals surface area contributed by atoms with Crippen molar-refractivity contribution < 1.29 is 9.59 Å². The van der Waals surface area contributed by atoms with Gasteiger partial charge >= 0.3 is 0 Å². The number of carbonyl (C=O) groups is 2. The fourth-order valence-electron chi connectivity index (χ4n) is 2.87. The molecule has 0 atom stereocenters. The van der Waals surface area contributed by atoms with E-state index in [4.69, 9.17) is 0 Å². The van der Waals surface area contributed by atoms with Crippen molar-refractivity contribution in [1.29, 1.82) is 0 Å². The summed E-state index contributed by atoms with van der Waals surface area (Å²) in [6.45, 7) is 3.52. The lowest BCUT2D eigenvalue weighted by Gasteiger charge is -2.23. The largest absolute Gasteiger partial charge is 0.383 e. The van der Waals surface area contributed by atoms with Crippen LogP contribution in [0, 0.1) is 0 Å². The van der Waals surface area contributed by atoms with E-state index in [0.717, 1.165) is 30.9 Å². The highest BCUT2D eigenvalue weighted by molar-refractivity contribution is 5.98. The van der Waals surface area contributed by atoms with Gasteiger partial charge in [-0.1, -0.05) is 24.3 Å². The summed E-state index contributed by atoms with van der Waals surface area (Å²) in [6, 6.07) is 15.0. The minimum atomic E-state index is -0.0904. The highest BCUT2D eigenvalue weighted by Gasteiger charge is 2.17. The van der Waals surface area contributed by atoms with E-state index >= 15 is 0 Å². The lowest BCUT2D eigenvalue weighted by molar-refractivity contribution is -0.115. The van der Waals surface area contributed by atoms with Crippen molar-refractivity contribution in [3.05, 3.63) is 54.1 Å². The Kier molecular flexibility index (Phi) is 4.79. The lowest BCUT2D eigenvalue weighted by Crippen LogP contribution is -2.33. The first-order valence-corrected chi connectivity index (χ1v) is 8.12. The van der Waals surface area contributed by atoms with E-state index in [9.17, 15) is 9.59 Å². The van der Waals surface area contributed by atoms with Gasteiger partial charge in [0.15, 0.2) is 5.78 Å². The quantitative estimate of drug-likeness (QED) is 0.849. The second-order valence-corrected chi connectivity index (χ2v) is 5.90. The van der Waals surface area contributed by atoms with Gasteiger partial charge in [-0.25, -0.2) is 0 Å². The molecule has 2 N–H and O–H groups in total. The monoisotopic (exact) mass is 323 g/mol. The summed E-state index contributed by atoms with van der Waals surface area (Å²) in [4.78, 5) is 26.0. The number of nitrogens with zero attached hydrogens (tertiary/aromatic N) is 1. The maximum Gasteiger partial charge on any atom is 0.243 e. The van der Waals surface area contributed by atoms with Crippen LogP contribution >= 0.6 is 0 Å². The van der Waals surface area contributed by atoms with Crippen LogP contribution in [-0.4, -0.2) is 31.3 Å². The zero-order chi connectivity index (χ0) is 16.9. The van der Waals surface area contributed by atoms with E-state index < -0.39 is 0 Å². The zero-order valence-electron chi connectivity index (χ0n) is 13.7. The molecule has 124 valence electrons. The third-order valence-corrected chi connectivity index (χ3v) is 4.05. The summed E-state index contributed by atoms with van der Waals surface area (Å²) in [5.41, 5.74) is 3.34. The number of hydrogen-bond donors (Lipinski definition) is 2. The smallest absolute Gasteiger partial charge is 0.243 e. The van der Waals surface area contributed by atoms with Crippen molar-refractivity contribution in [1.82, 2.24) is 0 Å². The Morgan fingerprint density at radius 1 is 1.17 bits per heavy atom. The Labute approximate surface area is 141 Å². The maximum atomic E-state index is 12.4. The summed E-state index contributed by atoms with van der Waals surface area (Å²) in [5, 5.41) is 6.27. The van der Waals surface area contributed by atoms with E-state index in [0.29, 0.717) is 11.3 Å². The zero-order valence-corrected chi connectivity index (χ0v) is 13.7. The molecule has 24 heavy (non-hydrogen) atoms. The van der Waals surface area contributed by atoms with Gasteiger partial charge < -0.3 is 15.5 Å². The minimum Gasteiger partial charge on any atom is -0.383 e. The van der Waals surface area contributed by atoms with Crippen LogP contribution in [0.2, 0.25) is 0 Å². The van der Waals surface area contributed by atoms with Crippen LogP contribution in [0.25, 0.3) is 0 Å². The standard InChI is InChI=1S/C19H21N3O2/c1-14(23)15-6-4-7-16(12-15)21-19(24)13-22-11-5-10-20-17-8-2-3-9-18(17)22/h2-4,6-9,12,20H,5,10-11,13H2,1H3,(H,21,24). The molecule has 2 aromatic rings. The van der Waals surface area contributed by atoms with Gasteiger partial charge in [-0.05, 0) is 37.6 Å². The molecule has 1 aliphatic rings. The molecule has 1 heterocycles. The third kappa shape index (κ3) is 3.74. The Morgan fingerprint density at radius 3 is 2.83 bits per heavy atom. The normalized spacial score (nSPS) is 13.5. The fraction of sp³-hybridized carbons (Fsp3) is 0.263. The molecule has 1 aliphatic heterocycles. The summed E-state index contributed by atoms with van der Waals surface area (Å²) in [7, 11) is 0. The maximum absolute atomic E-state index is 12.4. The summed E-state index contributed by atoms with van der Waals surface area (Å²) in [6.07, 6.45) is 0.974. The van der Waals surface area contributed by atoms with Crippen LogP contribution < -0.4 is 15.5 Å². The molecule has 5 nitrogen and oxygen atoms in total. The predicted molar refractivity (Wildman–Crippen MR) is 96.8 cm³/mol. The van der Waals surface area contributed by atoms with Crippen molar-refractivity contribution in [3.63, 3.8) is 0 Å². The minimum absolute atomic E-state index is 0.0152. The Morgan fingerprint density at radius 2 is 2.00 bits per heavy atom. The average Bonchev–Trinajstić information content (AvgIpc) is 2.77. The van der Waals surface area contributed by atoms with Crippen molar-refractivity contribution in [3.8, 4) is 0 Å². The number of ketones is 1. The van der Waals surface area contributed by atoms with E-state index in [1.807, 2.05) is 24.3 Å². The van der Waals surface area contributed by atoms with Crippen LogP contribution in [-0.2, 0) is 4.79 Å². The van der Waals surface area contributed by atoms with Crippen LogP contribution in [0.1, 0.15) is 23.7 Å². The first kappa shape index (κ1) is 16.1. The van der Waals surface area contributed by atoms with Gasteiger partial charge in [0.1, 0.15) is 0 Å². The second kappa shape index (κ2) is 7.17. The molecule has 0 aliphatic carbocycles. The number of benzene rings is 2. The Bertz CT molecular complexity index is 758. The molecule has 0 unspecified atom stereocenters. The number of fused-ring (bicyclic) bond motifs is 1. The van der Waals surface area contributed by atoms with Crippen molar-refractivity contribution in [2.24, 2.45) is 0 Å². The highest BCUT2D eigenvalue weighted by Crippen LogP contribution is 2.27. The number of nitrogens with one attached hydrogen (secondary N) is 2. The summed E-state index contributed by atoms with van der Waals surface area (Å²) >= 11 is 0. The molecule has 0 saturated heterocycles. The number of hydrogen-bond acceptors (Lipinski definition) is 4. The van der Waals surface area contributed by atoms with E-state index in [1.165, 1.54) is 6.92 Å². The van der Waals surface area contributed by atoms with Crippen LogP contribution in [0.4, 0.5) is 17.1 Å². The van der Waals surface area contributed by atoms with Crippen LogP contribution in [0.3, 0.4) is 0 Å². The van der Waals surface area contributed by atoms with E-state index in [2.05, 4.69) is 15.5 Å². The Hall–Kier alpha value is -2.82. The van der Waals surface area contributed by atoms with Gasteiger partial charge in [-0.15, -0.1) is 0 Å². The molecule has 0 spiro atoms. The molecule has 0 aromatic heterocycles. The van der Waals surface area contributed by atoms with Crippen LogP contribution in [0.15, 0.2) is 48.5 Å². The molecule has 0 fully saturated rings. The number of rotatable bonds is 4. The number of para-hydroxylation sites is 2. The first-order valence-electron chi connectivity index (χ1n) is 8.12. The molecule has 5 heteroatoms. The van der Waals surface area contributed by atoms with Crippen molar-refractivity contribution in [2.45, 2.75) is 13.3 Å². The van der Waals surface area contributed by atoms with Gasteiger partial charge in [0, 0.05) is 24.3 Å². The second-order valence-electron chi connectivity index (χ2n) is 5.90. The molecule has 3 rings (SSSR count). The number of amides is 1. The van der Waals surface area contributed by atoms with Crippen molar-refractivity contribution >= 4 is 28.8 Å². The van der Waals surface area contributed by atoms with Crippen LogP contribution in [0.5, 0.6) is 0 Å². The molecule has 0 radical (unpaired) electrons. The predicted octanol–water partition coefficient (Wildman–Crippen LogP) is 3.15. The molecule has 1 amide bonds. The van der Waals surface area contributed by atoms with Gasteiger partial charge in [0.2, 0.25) is 5.91 Å². The van der Waals surface area contributed by atoms with Gasteiger partial charge in [-0.3, -0.25) is 9.59 Å². The highest BCUT2D eigenvalue weighted by atomic mass is 16.2. The summed E-state index contributed by atoms with van der Waals surface area (Å²) < 4.78 is 0. The summed E-state index contributed by atoms with van der Waals surface area (Å²) in [5.74, 6) is -0.106. The third-order valence-electron chi connectivity index (χ3n) is 4.05. The molecular formula is C19H21N3O2. The van der Waals surface area contributed by atoms with Crippen molar-refractivity contribution in [2.75, 3.05) is 35.2 Å². The number of anilines is 3.